The molecule has 1 aliphatic rings. The van der Waals surface area contributed by atoms with E-state index in [1.54, 1.807) is 11.9 Å². The van der Waals surface area contributed by atoms with Crippen LogP contribution in [0.25, 0.3) is 0 Å². The van der Waals surface area contributed by atoms with Crippen molar-refractivity contribution in [1.82, 2.24) is 0 Å². The van der Waals surface area contributed by atoms with Crippen molar-refractivity contribution < 1.29 is 4.57 Å². The quantitative estimate of drug-likeness (QED) is 0.579. The van der Waals surface area contributed by atoms with Crippen molar-refractivity contribution in [3.05, 3.63) is 22.5 Å². The molecule has 1 rings (SSSR count). The van der Waals surface area contributed by atoms with Gasteiger partial charge in [-0.3, -0.25) is 0 Å². The van der Waals surface area contributed by atoms with Crippen molar-refractivity contribution in [2.75, 3.05) is 12.3 Å². The van der Waals surface area contributed by atoms with Gasteiger partial charge in [0.05, 0.1) is 0 Å². The summed E-state index contributed by atoms with van der Waals surface area (Å²) in [6, 6.07) is 0. The lowest BCUT2D eigenvalue weighted by molar-refractivity contribution is 0.582. The molecule has 1 atom stereocenters. The van der Waals surface area contributed by atoms with Gasteiger partial charge in [-0.15, -0.1) is 0 Å². The third kappa shape index (κ3) is 1.98. The summed E-state index contributed by atoms with van der Waals surface area (Å²) in [5, 5.41) is 0.755. The van der Waals surface area contributed by atoms with Crippen molar-refractivity contribution in [3.63, 3.8) is 0 Å². The summed E-state index contributed by atoms with van der Waals surface area (Å²) in [6.45, 7) is 3.89. The van der Waals surface area contributed by atoms with Crippen LogP contribution in [0, 0.1) is 0 Å². The molecule has 0 aromatic carbocycles. The molecule has 0 aromatic rings. The standard InChI is InChI=1S/C8H12ClOP/c1-3-11(10)5-4-8(9)7(2)6-11/h4-5H,3,6H2,1-2H3. The third-order valence-corrected chi connectivity index (χ3v) is 5.16. The zero-order valence-electron chi connectivity index (χ0n) is 6.80. The molecule has 1 heterocycles. The summed E-state index contributed by atoms with van der Waals surface area (Å²) >= 11 is 5.82. The second-order valence-corrected chi connectivity index (χ2v) is 6.43. The van der Waals surface area contributed by atoms with E-state index in [2.05, 4.69) is 0 Å². The summed E-state index contributed by atoms with van der Waals surface area (Å²) in [7, 11) is -2.01. The molecule has 0 saturated heterocycles. The van der Waals surface area contributed by atoms with Gasteiger partial charge in [-0.1, -0.05) is 18.5 Å². The Morgan fingerprint density at radius 3 is 2.82 bits per heavy atom. The first kappa shape index (κ1) is 9.09. The highest BCUT2D eigenvalue weighted by molar-refractivity contribution is 7.67. The van der Waals surface area contributed by atoms with E-state index in [-0.39, 0.29) is 0 Å². The predicted octanol–water partition coefficient (Wildman–Crippen LogP) is 3.41. The fourth-order valence-electron chi connectivity index (χ4n) is 1.09. The van der Waals surface area contributed by atoms with Crippen molar-refractivity contribution in [1.29, 1.82) is 0 Å². The molecule has 62 valence electrons. The van der Waals surface area contributed by atoms with Crippen LogP contribution < -0.4 is 0 Å². The fourth-order valence-corrected chi connectivity index (χ4v) is 3.34. The van der Waals surface area contributed by atoms with Gasteiger partial charge in [0.2, 0.25) is 0 Å². The second-order valence-electron chi connectivity index (χ2n) is 2.87. The summed E-state index contributed by atoms with van der Waals surface area (Å²) in [6.07, 6.45) is 3.18. The summed E-state index contributed by atoms with van der Waals surface area (Å²) in [5.41, 5.74) is 1.05. The van der Waals surface area contributed by atoms with Gasteiger partial charge >= 0.3 is 0 Å². The minimum absolute atomic E-state index is 0.666. The Morgan fingerprint density at radius 2 is 2.36 bits per heavy atom. The van der Waals surface area contributed by atoms with Gasteiger partial charge in [-0.25, -0.2) is 0 Å². The van der Waals surface area contributed by atoms with E-state index >= 15 is 0 Å². The molecule has 0 spiro atoms. The van der Waals surface area contributed by atoms with E-state index in [1.165, 1.54) is 0 Å². The van der Waals surface area contributed by atoms with Gasteiger partial charge in [0, 0.05) is 17.4 Å². The van der Waals surface area contributed by atoms with Crippen molar-refractivity contribution >= 4 is 18.7 Å². The van der Waals surface area contributed by atoms with Gasteiger partial charge in [0.1, 0.15) is 7.14 Å². The molecule has 1 unspecified atom stereocenters. The van der Waals surface area contributed by atoms with Crippen LogP contribution in [0.3, 0.4) is 0 Å². The Hall–Kier alpha value is -0.0000000000000000555. The van der Waals surface area contributed by atoms with Crippen LogP contribution in [-0.2, 0) is 4.57 Å². The van der Waals surface area contributed by atoms with Crippen LogP contribution in [0.15, 0.2) is 22.5 Å². The first-order valence-corrected chi connectivity index (χ1v) is 6.22. The van der Waals surface area contributed by atoms with Gasteiger partial charge < -0.3 is 4.57 Å². The summed E-state index contributed by atoms with van der Waals surface area (Å²) in [4.78, 5) is 0. The number of allylic oxidation sites excluding steroid dienone is 3. The normalized spacial score (nSPS) is 31.2. The molecule has 0 aromatic heterocycles. The summed E-state index contributed by atoms with van der Waals surface area (Å²) < 4.78 is 11.8. The maximum Gasteiger partial charge on any atom is 0.112 e. The van der Waals surface area contributed by atoms with E-state index < -0.39 is 7.14 Å². The van der Waals surface area contributed by atoms with Crippen LogP contribution in [0.2, 0.25) is 0 Å². The number of rotatable bonds is 1. The topological polar surface area (TPSA) is 17.1 Å². The average Bonchev–Trinajstić information content (AvgIpc) is 1.98. The van der Waals surface area contributed by atoms with E-state index in [0.717, 1.165) is 16.8 Å². The van der Waals surface area contributed by atoms with Crippen molar-refractivity contribution in [3.8, 4) is 0 Å². The lowest BCUT2D eigenvalue weighted by atomic mass is 10.3. The SMILES string of the molecule is CCP1(=O)C=CC(Cl)=C(C)C1. The van der Waals surface area contributed by atoms with E-state index in [0.29, 0.717) is 6.16 Å². The molecule has 11 heavy (non-hydrogen) atoms. The van der Waals surface area contributed by atoms with E-state index in [1.807, 2.05) is 13.8 Å². The number of hydrogen-bond donors (Lipinski definition) is 0. The van der Waals surface area contributed by atoms with Crippen LogP contribution in [0.4, 0.5) is 0 Å². The molecule has 0 N–H and O–H groups in total. The smallest absolute Gasteiger partial charge is 0.112 e. The summed E-state index contributed by atoms with van der Waals surface area (Å²) in [5.74, 6) is 1.78. The minimum Gasteiger partial charge on any atom is -0.319 e. The molecule has 0 saturated carbocycles. The van der Waals surface area contributed by atoms with Crippen LogP contribution in [-0.4, -0.2) is 12.3 Å². The highest BCUT2D eigenvalue weighted by Crippen LogP contribution is 2.51. The Bertz CT molecular complexity index is 265. The highest BCUT2D eigenvalue weighted by atomic mass is 35.5. The minimum atomic E-state index is -2.01. The van der Waals surface area contributed by atoms with Gasteiger partial charge in [0.15, 0.2) is 0 Å². The Morgan fingerprint density at radius 1 is 1.73 bits per heavy atom. The van der Waals surface area contributed by atoms with Crippen LogP contribution in [0.5, 0.6) is 0 Å². The Labute approximate surface area is 72.5 Å². The molecular weight excluding hydrogens is 179 g/mol. The van der Waals surface area contributed by atoms with Crippen molar-refractivity contribution in [2.24, 2.45) is 0 Å². The van der Waals surface area contributed by atoms with Gasteiger partial charge in [0.25, 0.3) is 0 Å². The molecule has 0 radical (unpaired) electrons. The maximum absolute atomic E-state index is 11.8. The molecule has 1 nitrogen and oxygen atoms in total. The molecule has 3 heteroatoms. The Kier molecular flexibility index (Phi) is 2.61. The molecule has 1 aliphatic heterocycles. The third-order valence-electron chi connectivity index (χ3n) is 1.94. The lowest BCUT2D eigenvalue weighted by Crippen LogP contribution is -1.97. The highest BCUT2D eigenvalue weighted by Gasteiger charge is 2.20. The van der Waals surface area contributed by atoms with Crippen molar-refractivity contribution in [2.45, 2.75) is 13.8 Å². The van der Waals surface area contributed by atoms with Gasteiger partial charge in [-0.05, 0) is 24.4 Å². The maximum atomic E-state index is 11.8. The monoisotopic (exact) mass is 190 g/mol. The largest absolute Gasteiger partial charge is 0.319 e. The first-order chi connectivity index (χ1) is 5.07. The fraction of sp³-hybridized carbons (Fsp3) is 0.500. The predicted molar refractivity (Wildman–Crippen MR) is 50.7 cm³/mol. The molecular formula is C8H12ClOP. The average molecular weight is 191 g/mol. The zero-order chi connectivity index (χ0) is 8.48. The lowest BCUT2D eigenvalue weighted by Gasteiger charge is -2.16. The van der Waals surface area contributed by atoms with E-state index in [4.69, 9.17) is 11.6 Å². The second kappa shape index (κ2) is 3.16. The molecule has 0 amide bonds. The number of hydrogen-bond acceptors (Lipinski definition) is 1. The molecule has 0 aliphatic carbocycles. The van der Waals surface area contributed by atoms with Crippen LogP contribution in [0.1, 0.15) is 13.8 Å². The van der Waals surface area contributed by atoms with Gasteiger partial charge in [-0.2, -0.15) is 0 Å². The molecule has 0 bridgehead atoms. The Balaban J connectivity index is 2.91. The van der Waals surface area contributed by atoms with Crippen LogP contribution >= 0.6 is 18.7 Å². The first-order valence-electron chi connectivity index (χ1n) is 3.69. The number of halogens is 1. The van der Waals surface area contributed by atoms with E-state index in [9.17, 15) is 4.57 Å². The molecule has 0 fully saturated rings. The zero-order valence-corrected chi connectivity index (χ0v) is 8.45.